The molecule has 0 amide bonds. The molecule has 4 nitrogen and oxygen atoms in total. The van der Waals surface area contributed by atoms with Gasteiger partial charge in [0.05, 0.1) is 11.3 Å². The van der Waals surface area contributed by atoms with Crippen molar-refractivity contribution in [3.05, 3.63) is 29.6 Å². The Balaban J connectivity index is 2.35. The van der Waals surface area contributed by atoms with Crippen molar-refractivity contribution in [3.63, 3.8) is 0 Å². The summed E-state index contributed by atoms with van der Waals surface area (Å²) in [6, 6.07) is 2.86. The third kappa shape index (κ3) is 2.63. The highest BCUT2D eigenvalue weighted by molar-refractivity contribution is 7.91. The Bertz CT molecular complexity index is 561. The molecule has 0 aromatic heterocycles. The van der Waals surface area contributed by atoms with Crippen molar-refractivity contribution in [1.29, 1.82) is 0 Å². The van der Waals surface area contributed by atoms with Crippen molar-refractivity contribution in [2.75, 3.05) is 5.75 Å². The van der Waals surface area contributed by atoms with Crippen LogP contribution in [0.15, 0.2) is 23.1 Å². The number of hydrogen-bond acceptors (Lipinski definition) is 3. The number of carboxylic acid groups (broad SMARTS) is 1. The van der Waals surface area contributed by atoms with Crippen molar-refractivity contribution < 1.29 is 22.7 Å². The number of carboxylic acids is 1. The van der Waals surface area contributed by atoms with Gasteiger partial charge in [0, 0.05) is 0 Å². The maximum absolute atomic E-state index is 13.5. The molecular weight excluding hydrogens is 247 g/mol. The standard InChI is InChI=1S/C11H11FO4S/c12-9-5-8(11(13)14)3-4-10(9)17(15,16)6-7-1-2-7/h3-5,7H,1-2,6H2,(H,13,14). The van der Waals surface area contributed by atoms with Crippen molar-refractivity contribution in [1.82, 2.24) is 0 Å². The number of rotatable bonds is 4. The molecule has 0 saturated heterocycles. The molecule has 0 radical (unpaired) electrons. The highest BCUT2D eigenvalue weighted by Crippen LogP contribution is 2.32. The summed E-state index contributed by atoms with van der Waals surface area (Å²) in [4.78, 5) is 10.2. The summed E-state index contributed by atoms with van der Waals surface area (Å²) in [5.41, 5.74) is -0.257. The topological polar surface area (TPSA) is 71.4 Å². The van der Waals surface area contributed by atoms with Gasteiger partial charge in [-0.1, -0.05) is 0 Å². The lowest BCUT2D eigenvalue weighted by atomic mass is 10.2. The molecule has 1 fully saturated rings. The lowest BCUT2D eigenvalue weighted by Crippen LogP contribution is -2.11. The van der Waals surface area contributed by atoms with E-state index in [-0.39, 0.29) is 17.2 Å². The van der Waals surface area contributed by atoms with Gasteiger partial charge < -0.3 is 5.11 Å². The molecule has 1 saturated carbocycles. The van der Waals surface area contributed by atoms with Gasteiger partial charge in [0.15, 0.2) is 9.84 Å². The second-order valence-corrected chi connectivity index (χ2v) is 6.18. The summed E-state index contributed by atoms with van der Waals surface area (Å²) >= 11 is 0. The highest BCUT2D eigenvalue weighted by Gasteiger charge is 2.30. The van der Waals surface area contributed by atoms with Crippen LogP contribution in [0.5, 0.6) is 0 Å². The first kappa shape index (κ1) is 12.0. The molecule has 0 heterocycles. The van der Waals surface area contributed by atoms with E-state index in [2.05, 4.69) is 0 Å². The third-order valence-electron chi connectivity index (χ3n) is 2.67. The van der Waals surface area contributed by atoms with Gasteiger partial charge in [0.1, 0.15) is 10.7 Å². The second-order valence-electron chi connectivity index (χ2n) is 4.18. The van der Waals surface area contributed by atoms with Gasteiger partial charge in [-0.15, -0.1) is 0 Å². The molecule has 0 aliphatic heterocycles. The van der Waals surface area contributed by atoms with E-state index in [1.165, 1.54) is 0 Å². The predicted octanol–water partition coefficient (Wildman–Crippen LogP) is 1.71. The lowest BCUT2D eigenvalue weighted by Gasteiger charge is -2.05. The zero-order valence-electron chi connectivity index (χ0n) is 8.89. The van der Waals surface area contributed by atoms with Crippen LogP contribution < -0.4 is 0 Å². The SMILES string of the molecule is O=C(O)c1ccc(S(=O)(=O)CC2CC2)c(F)c1. The van der Waals surface area contributed by atoms with E-state index in [1.807, 2.05) is 0 Å². The molecule has 0 unspecified atom stereocenters. The fourth-order valence-electron chi connectivity index (χ4n) is 1.57. The zero-order valence-corrected chi connectivity index (χ0v) is 9.71. The Morgan fingerprint density at radius 2 is 2.06 bits per heavy atom. The second kappa shape index (κ2) is 4.10. The van der Waals surface area contributed by atoms with Gasteiger partial charge in [-0.05, 0) is 37.0 Å². The van der Waals surface area contributed by atoms with Crippen molar-refractivity contribution in [3.8, 4) is 0 Å². The minimum atomic E-state index is -3.64. The van der Waals surface area contributed by atoms with Crippen LogP contribution in [0.1, 0.15) is 23.2 Å². The average molecular weight is 258 g/mol. The highest BCUT2D eigenvalue weighted by atomic mass is 32.2. The van der Waals surface area contributed by atoms with E-state index in [0.717, 1.165) is 31.0 Å². The maximum Gasteiger partial charge on any atom is 0.335 e. The van der Waals surface area contributed by atoms with Crippen LogP contribution in [0.4, 0.5) is 4.39 Å². The van der Waals surface area contributed by atoms with Gasteiger partial charge in [0.2, 0.25) is 0 Å². The molecule has 0 spiro atoms. The van der Waals surface area contributed by atoms with Crippen LogP contribution in [0.3, 0.4) is 0 Å². The number of sulfone groups is 1. The Kier molecular flexibility index (Phi) is 2.91. The number of carbonyl (C=O) groups is 1. The van der Waals surface area contributed by atoms with Crippen LogP contribution in [-0.2, 0) is 9.84 Å². The quantitative estimate of drug-likeness (QED) is 0.892. The van der Waals surface area contributed by atoms with Gasteiger partial charge in [0.25, 0.3) is 0 Å². The van der Waals surface area contributed by atoms with Gasteiger partial charge in [-0.3, -0.25) is 0 Å². The first-order valence-corrected chi connectivity index (χ1v) is 6.81. The number of aromatic carboxylic acids is 1. The summed E-state index contributed by atoms with van der Waals surface area (Å²) in [5.74, 6) is -2.21. The smallest absolute Gasteiger partial charge is 0.335 e. The summed E-state index contributed by atoms with van der Waals surface area (Å²) in [6.45, 7) is 0. The predicted molar refractivity (Wildman–Crippen MR) is 58.1 cm³/mol. The monoisotopic (exact) mass is 258 g/mol. The summed E-state index contributed by atoms with van der Waals surface area (Å²) in [7, 11) is -3.64. The summed E-state index contributed by atoms with van der Waals surface area (Å²) in [6.07, 6.45) is 1.71. The van der Waals surface area contributed by atoms with Crippen LogP contribution in [0.2, 0.25) is 0 Å². The Morgan fingerprint density at radius 3 is 2.53 bits per heavy atom. The fourth-order valence-corrected chi connectivity index (χ4v) is 3.34. The number of hydrogen-bond donors (Lipinski definition) is 1. The van der Waals surface area contributed by atoms with E-state index in [9.17, 15) is 17.6 Å². The third-order valence-corrected chi connectivity index (χ3v) is 4.58. The minimum Gasteiger partial charge on any atom is -0.478 e. The molecule has 1 aromatic rings. The average Bonchev–Trinajstić information content (AvgIpc) is 3.00. The number of benzene rings is 1. The summed E-state index contributed by atoms with van der Waals surface area (Å²) < 4.78 is 37.1. The van der Waals surface area contributed by atoms with E-state index >= 15 is 0 Å². The molecule has 17 heavy (non-hydrogen) atoms. The first-order valence-electron chi connectivity index (χ1n) is 5.16. The van der Waals surface area contributed by atoms with Crippen LogP contribution in [0, 0.1) is 11.7 Å². The Hall–Kier alpha value is -1.43. The largest absolute Gasteiger partial charge is 0.478 e. The Morgan fingerprint density at radius 1 is 1.41 bits per heavy atom. The van der Waals surface area contributed by atoms with Crippen molar-refractivity contribution in [2.24, 2.45) is 5.92 Å². The molecule has 1 aromatic carbocycles. The lowest BCUT2D eigenvalue weighted by molar-refractivity contribution is 0.0696. The Labute approximate surface area is 98.0 Å². The van der Waals surface area contributed by atoms with Crippen LogP contribution in [0.25, 0.3) is 0 Å². The van der Waals surface area contributed by atoms with E-state index in [1.54, 1.807) is 0 Å². The molecule has 1 aliphatic rings. The molecule has 0 atom stereocenters. The molecule has 6 heteroatoms. The normalized spacial score (nSPS) is 15.8. The van der Waals surface area contributed by atoms with Crippen molar-refractivity contribution in [2.45, 2.75) is 17.7 Å². The van der Waals surface area contributed by atoms with Crippen molar-refractivity contribution >= 4 is 15.8 Å². The van der Waals surface area contributed by atoms with E-state index < -0.39 is 26.5 Å². The van der Waals surface area contributed by atoms with Crippen LogP contribution >= 0.6 is 0 Å². The van der Waals surface area contributed by atoms with Gasteiger partial charge in [-0.2, -0.15) is 0 Å². The maximum atomic E-state index is 13.5. The molecule has 1 N–H and O–H groups in total. The molecule has 92 valence electrons. The first-order chi connectivity index (χ1) is 7.90. The molecular formula is C11H11FO4S. The molecule has 1 aliphatic carbocycles. The summed E-state index contributed by atoms with van der Waals surface area (Å²) in [5, 5.41) is 8.64. The molecule has 2 rings (SSSR count). The minimum absolute atomic E-state index is 0.0592. The number of halogens is 1. The fraction of sp³-hybridized carbons (Fsp3) is 0.364. The molecule has 0 bridgehead atoms. The van der Waals surface area contributed by atoms with E-state index in [4.69, 9.17) is 5.11 Å². The van der Waals surface area contributed by atoms with E-state index in [0.29, 0.717) is 0 Å². The van der Waals surface area contributed by atoms with Gasteiger partial charge in [-0.25, -0.2) is 17.6 Å². The zero-order chi connectivity index (χ0) is 12.6. The van der Waals surface area contributed by atoms with Crippen LogP contribution in [-0.4, -0.2) is 25.2 Å². The van der Waals surface area contributed by atoms with Gasteiger partial charge >= 0.3 is 5.97 Å².